The van der Waals surface area contributed by atoms with E-state index < -0.39 is 22.4 Å². The summed E-state index contributed by atoms with van der Waals surface area (Å²) in [4.78, 5) is 11.9. The molecule has 0 aliphatic carbocycles. The predicted molar refractivity (Wildman–Crippen MR) is 144 cm³/mol. The van der Waals surface area contributed by atoms with Gasteiger partial charge in [-0.1, -0.05) is 75.1 Å². The molecule has 0 fully saturated rings. The Labute approximate surface area is 207 Å². The van der Waals surface area contributed by atoms with Gasteiger partial charge in [0.15, 0.2) is 8.32 Å². The Kier molecular flexibility index (Phi) is 14.1. The minimum Gasteiger partial charge on any atom is -0.459 e. The monoisotopic (exact) mass is 550 g/mol. The molecule has 8 heteroatoms. The van der Waals surface area contributed by atoms with Gasteiger partial charge in [-0.25, -0.2) is 4.79 Å². The first-order chi connectivity index (χ1) is 14.5. The first-order valence-corrected chi connectivity index (χ1v) is 19.2. The van der Waals surface area contributed by atoms with Gasteiger partial charge >= 0.3 is 5.97 Å². The molecule has 0 heterocycles. The average molecular weight is 552 g/mol. The summed E-state index contributed by atoms with van der Waals surface area (Å²) >= 11 is 3.43. The molecule has 0 rings (SSSR count). The van der Waals surface area contributed by atoms with Crippen LogP contribution >= 0.6 is 15.9 Å². The topological polar surface area (TPSA) is 54.0 Å². The first-order valence-electron chi connectivity index (χ1n) is 11.4. The summed E-state index contributed by atoms with van der Waals surface area (Å²) in [5, 5.41) is 0.731. The lowest BCUT2D eigenvalue weighted by Crippen LogP contribution is -2.47. The lowest BCUT2D eigenvalue weighted by atomic mass is 10.0. The molecule has 0 saturated carbocycles. The standard InChI is InChI=1S/C24H47BrO5Si2/c1-12-23(26)29-21(15-19(2)17-25)16-22(28-18-27-13-14-31(7,8)9)20(3)30-32(10,11)24(4,5)6/h12,20-22H,1-2,13-18H2,3-11H3/t20-,21+,22-/m1/s1. The van der Waals surface area contributed by atoms with Crippen molar-refractivity contribution in [2.24, 2.45) is 0 Å². The second-order valence-corrected chi connectivity index (χ2v) is 22.2. The van der Waals surface area contributed by atoms with E-state index in [4.69, 9.17) is 18.6 Å². The molecule has 0 aromatic heterocycles. The number of rotatable bonds is 16. The smallest absolute Gasteiger partial charge is 0.330 e. The van der Waals surface area contributed by atoms with Crippen LogP contribution in [0, 0.1) is 0 Å². The number of alkyl halides is 1. The molecular weight excluding hydrogens is 504 g/mol. The normalized spacial score (nSPS) is 15.7. The zero-order valence-electron chi connectivity index (χ0n) is 21.9. The predicted octanol–water partition coefficient (Wildman–Crippen LogP) is 6.92. The molecule has 188 valence electrons. The van der Waals surface area contributed by atoms with Gasteiger partial charge in [-0.05, 0) is 31.1 Å². The number of hydrogen-bond acceptors (Lipinski definition) is 5. The van der Waals surface area contributed by atoms with E-state index in [-0.39, 0.29) is 30.1 Å². The molecule has 0 N–H and O–H groups in total. The third-order valence-corrected chi connectivity index (χ3v) is 12.9. The van der Waals surface area contributed by atoms with Crippen LogP contribution in [-0.4, -0.2) is 59.4 Å². The van der Waals surface area contributed by atoms with Crippen LogP contribution in [0.1, 0.15) is 40.5 Å². The van der Waals surface area contributed by atoms with Crippen LogP contribution in [0.3, 0.4) is 0 Å². The van der Waals surface area contributed by atoms with Gasteiger partial charge in [0.1, 0.15) is 12.9 Å². The van der Waals surface area contributed by atoms with Gasteiger partial charge in [0.05, 0.1) is 12.2 Å². The first kappa shape index (κ1) is 31.7. The number of hydrogen-bond donors (Lipinski definition) is 0. The van der Waals surface area contributed by atoms with Gasteiger partial charge in [-0.2, -0.15) is 0 Å². The lowest BCUT2D eigenvalue weighted by Gasteiger charge is -2.40. The van der Waals surface area contributed by atoms with E-state index in [0.717, 1.165) is 11.6 Å². The van der Waals surface area contributed by atoms with Crippen molar-refractivity contribution in [2.75, 3.05) is 18.7 Å². The summed E-state index contributed by atoms with van der Waals surface area (Å²) in [7, 11) is -3.16. The molecule has 0 amide bonds. The largest absolute Gasteiger partial charge is 0.459 e. The van der Waals surface area contributed by atoms with E-state index in [1.165, 1.54) is 6.08 Å². The second-order valence-electron chi connectivity index (χ2n) is 11.2. The Morgan fingerprint density at radius 3 is 2.22 bits per heavy atom. The van der Waals surface area contributed by atoms with Crippen LogP contribution in [-0.2, 0) is 23.4 Å². The van der Waals surface area contributed by atoms with E-state index in [2.05, 4.69) is 82.6 Å². The summed E-state index contributed by atoms with van der Waals surface area (Å²) < 4.78 is 24.2. The highest BCUT2D eigenvalue weighted by Gasteiger charge is 2.40. The highest BCUT2D eigenvalue weighted by atomic mass is 79.9. The minimum absolute atomic E-state index is 0.0819. The maximum Gasteiger partial charge on any atom is 0.330 e. The quantitative estimate of drug-likeness (QED) is 0.0396. The molecular formula is C24H47BrO5Si2. The molecule has 0 aliphatic heterocycles. The second kappa shape index (κ2) is 14.2. The number of esters is 1. The van der Waals surface area contributed by atoms with Gasteiger partial charge in [0, 0.05) is 38.9 Å². The molecule has 0 bridgehead atoms. The number of ether oxygens (including phenoxy) is 3. The molecule has 3 atom stereocenters. The number of halogens is 1. The van der Waals surface area contributed by atoms with Crippen molar-refractivity contribution in [2.45, 2.75) is 103 Å². The van der Waals surface area contributed by atoms with Crippen LogP contribution in [0.4, 0.5) is 0 Å². The fourth-order valence-corrected chi connectivity index (χ4v) is 5.13. The van der Waals surface area contributed by atoms with Crippen LogP contribution in [0.2, 0.25) is 43.8 Å². The summed E-state index contributed by atoms with van der Waals surface area (Å²) in [5.41, 5.74) is 0.954. The van der Waals surface area contributed by atoms with Crippen LogP contribution in [0.25, 0.3) is 0 Å². The van der Waals surface area contributed by atoms with Crippen molar-refractivity contribution in [3.05, 3.63) is 24.8 Å². The van der Waals surface area contributed by atoms with Crippen LogP contribution < -0.4 is 0 Å². The SMILES string of the molecule is C=CC(=O)O[C@@H](CC(=C)CBr)C[C@@H](OCOCC[Si](C)(C)C)[C@@H](C)O[Si](C)(C)C(C)(C)C. The maximum atomic E-state index is 11.9. The third-order valence-electron chi connectivity index (χ3n) is 5.82. The zero-order valence-corrected chi connectivity index (χ0v) is 25.5. The van der Waals surface area contributed by atoms with Crippen molar-refractivity contribution >= 4 is 38.3 Å². The zero-order chi connectivity index (χ0) is 25.2. The van der Waals surface area contributed by atoms with E-state index in [0.29, 0.717) is 24.8 Å². The van der Waals surface area contributed by atoms with Gasteiger partial charge in [0.2, 0.25) is 0 Å². The Bertz CT molecular complexity index is 596. The summed E-state index contributed by atoms with van der Waals surface area (Å²) in [6.07, 6.45) is 1.42. The Balaban J connectivity index is 5.39. The summed E-state index contributed by atoms with van der Waals surface area (Å²) in [6, 6.07) is 1.09. The van der Waals surface area contributed by atoms with E-state index in [1.807, 2.05) is 6.92 Å². The molecule has 32 heavy (non-hydrogen) atoms. The minimum atomic E-state index is -2.00. The summed E-state index contributed by atoms with van der Waals surface area (Å²) in [6.45, 7) is 28.6. The van der Waals surface area contributed by atoms with Gasteiger partial charge in [0.25, 0.3) is 0 Å². The molecule has 0 aliphatic rings. The fourth-order valence-electron chi connectivity index (χ4n) is 2.71. The van der Waals surface area contributed by atoms with E-state index in [1.54, 1.807) is 0 Å². The van der Waals surface area contributed by atoms with Gasteiger partial charge in [-0.3, -0.25) is 0 Å². The Morgan fingerprint density at radius 1 is 1.16 bits per heavy atom. The molecule has 0 unspecified atom stereocenters. The summed E-state index contributed by atoms with van der Waals surface area (Å²) in [5.74, 6) is -0.444. The van der Waals surface area contributed by atoms with Crippen molar-refractivity contribution < 1.29 is 23.4 Å². The highest BCUT2D eigenvalue weighted by molar-refractivity contribution is 9.09. The highest BCUT2D eigenvalue weighted by Crippen LogP contribution is 2.38. The average Bonchev–Trinajstić information content (AvgIpc) is 2.64. The molecule has 5 nitrogen and oxygen atoms in total. The number of carbonyl (C=O) groups excluding carboxylic acids is 1. The lowest BCUT2D eigenvalue weighted by molar-refractivity contribution is -0.151. The molecule has 0 spiro atoms. The Hall–Kier alpha value is -0.256. The van der Waals surface area contributed by atoms with Crippen molar-refractivity contribution in [3.8, 4) is 0 Å². The molecule has 0 radical (unpaired) electrons. The van der Waals surface area contributed by atoms with Crippen molar-refractivity contribution in [1.82, 2.24) is 0 Å². The molecule has 0 saturated heterocycles. The van der Waals surface area contributed by atoms with Gasteiger partial charge in [-0.15, -0.1) is 0 Å². The fraction of sp³-hybridized carbons (Fsp3) is 0.792. The van der Waals surface area contributed by atoms with Crippen molar-refractivity contribution in [1.29, 1.82) is 0 Å². The third kappa shape index (κ3) is 13.5. The van der Waals surface area contributed by atoms with Crippen LogP contribution in [0.5, 0.6) is 0 Å². The number of carbonyl (C=O) groups is 1. The van der Waals surface area contributed by atoms with Gasteiger partial charge < -0.3 is 18.6 Å². The van der Waals surface area contributed by atoms with Crippen molar-refractivity contribution in [3.63, 3.8) is 0 Å². The maximum absolute atomic E-state index is 11.9. The van der Waals surface area contributed by atoms with Crippen LogP contribution in [0.15, 0.2) is 24.8 Å². The Morgan fingerprint density at radius 2 is 1.75 bits per heavy atom. The van der Waals surface area contributed by atoms with E-state index >= 15 is 0 Å². The molecule has 0 aromatic rings. The van der Waals surface area contributed by atoms with E-state index in [9.17, 15) is 4.79 Å². The molecule has 0 aromatic carbocycles.